The molecule has 2 N–H and O–H groups in total. The maximum Gasteiger partial charge on any atom is 0.335 e. The molecule has 0 bridgehead atoms. The Bertz CT molecular complexity index is 3200. The average Bonchev–Trinajstić information content (AvgIpc) is 3.35. The number of rotatable bonds is 12. The third kappa shape index (κ3) is 7.20. The average molecular weight is 899 g/mol. The van der Waals surface area contributed by atoms with Gasteiger partial charge in [0.1, 0.15) is 11.5 Å². The van der Waals surface area contributed by atoms with E-state index in [2.05, 4.69) is 0 Å². The zero-order valence-electron chi connectivity index (χ0n) is 35.0. The largest absolute Gasteiger partial charge is 0.478 e. The molecule has 10 rings (SSSR count). The summed E-state index contributed by atoms with van der Waals surface area (Å²) >= 11 is 0. The molecule has 2 heterocycles. The third-order valence-electron chi connectivity index (χ3n) is 11.9. The molecule has 0 saturated carbocycles. The van der Waals surface area contributed by atoms with Gasteiger partial charge in [-0.3, -0.25) is 28.8 Å². The lowest BCUT2D eigenvalue weighted by Gasteiger charge is -2.32. The van der Waals surface area contributed by atoms with Gasteiger partial charge in [0.2, 0.25) is 0 Å². The van der Waals surface area contributed by atoms with Gasteiger partial charge in [0.05, 0.1) is 22.5 Å². The summed E-state index contributed by atoms with van der Waals surface area (Å²) in [7, 11) is 0. The van der Waals surface area contributed by atoms with E-state index in [-0.39, 0.29) is 55.5 Å². The molecule has 0 fully saturated rings. The van der Waals surface area contributed by atoms with E-state index >= 15 is 0 Å². The summed E-state index contributed by atoms with van der Waals surface area (Å²) in [5, 5.41) is 19.3. The Morgan fingerprint density at radius 1 is 0.368 bits per heavy atom. The van der Waals surface area contributed by atoms with Gasteiger partial charge in [0, 0.05) is 33.0 Å². The van der Waals surface area contributed by atoms with Gasteiger partial charge >= 0.3 is 11.9 Å². The number of benzene rings is 8. The minimum Gasteiger partial charge on any atom is -0.478 e. The summed E-state index contributed by atoms with van der Waals surface area (Å²) in [6, 6.07) is 41.3. The number of amides is 4. The number of carboxylic acids is 2. The van der Waals surface area contributed by atoms with E-state index in [1.165, 1.54) is 48.5 Å². The lowest BCUT2D eigenvalue weighted by molar-refractivity contribution is -0.121. The lowest BCUT2D eigenvalue weighted by Crippen LogP contribution is -2.43. The highest BCUT2D eigenvalue weighted by atomic mass is 16.5. The van der Waals surface area contributed by atoms with Crippen LogP contribution >= 0.6 is 0 Å². The van der Waals surface area contributed by atoms with E-state index in [1.807, 2.05) is 12.1 Å². The molecule has 2 aliphatic rings. The van der Waals surface area contributed by atoms with Crippen LogP contribution in [0.15, 0.2) is 158 Å². The van der Waals surface area contributed by atoms with Crippen LogP contribution < -0.4 is 19.3 Å². The van der Waals surface area contributed by atoms with E-state index < -0.39 is 35.6 Å². The Hall–Kier alpha value is -9.82. The molecule has 4 amide bonds. The fraction of sp³-hybridized carbons (Fsp3) is 0. The topological polar surface area (TPSA) is 202 Å². The molecule has 8 aromatic rings. The highest BCUT2D eigenvalue weighted by Crippen LogP contribution is 2.43. The predicted octanol–water partition coefficient (Wildman–Crippen LogP) is 9.58. The van der Waals surface area contributed by atoms with Crippen LogP contribution in [0.1, 0.15) is 62.1 Å². The summed E-state index contributed by atoms with van der Waals surface area (Å²) < 4.78 is 9.93. The summed E-state index contributed by atoms with van der Waals surface area (Å²) in [5.74, 6) is -4.52. The van der Waals surface area contributed by atoms with E-state index in [1.54, 1.807) is 97.1 Å². The van der Waals surface area contributed by atoms with Crippen LogP contribution in [0.2, 0.25) is 0 Å². The highest BCUT2D eigenvalue weighted by molar-refractivity contribution is 6.42. The van der Waals surface area contributed by atoms with Crippen molar-refractivity contribution >= 4 is 70.7 Å². The maximum atomic E-state index is 14.7. The van der Waals surface area contributed by atoms with Crippen molar-refractivity contribution < 1.29 is 58.0 Å². The Morgan fingerprint density at radius 2 is 0.632 bits per heavy atom. The smallest absolute Gasteiger partial charge is 0.335 e. The van der Waals surface area contributed by atoms with Gasteiger partial charge in [-0.25, -0.2) is 19.4 Å². The van der Waals surface area contributed by atoms with Crippen molar-refractivity contribution in [2.75, 3.05) is 9.80 Å². The van der Waals surface area contributed by atoms with Gasteiger partial charge in [-0.15, -0.1) is 0 Å². The number of hydrogen-bond acceptors (Lipinski definition) is 10. The molecular formula is C54H30N2O12. The van der Waals surface area contributed by atoms with Crippen molar-refractivity contribution in [3.8, 4) is 56.0 Å². The van der Waals surface area contributed by atoms with Gasteiger partial charge in [-0.2, -0.15) is 0 Å². The van der Waals surface area contributed by atoms with Crippen LogP contribution in [0.5, 0.6) is 11.5 Å². The zero-order chi connectivity index (χ0) is 47.4. The first-order chi connectivity index (χ1) is 32.9. The first-order valence-electron chi connectivity index (χ1n) is 20.7. The molecule has 68 heavy (non-hydrogen) atoms. The predicted molar refractivity (Wildman–Crippen MR) is 248 cm³/mol. The van der Waals surface area contributed by atoms with Crippen LogP contribution in [-0.4, -0.2) is 58.7 Å². The fourth-order valence-corrected chi connectivity index (χ4v) is 8.66. The minimum atomic E-state index is -1.11. The number of carbonyl (C=O) groups is 8. The van der Waals surface area contributed by atoms with Crippen LogP contribution in [-0.2, 0) is 9.59 Å². The summed E-state index contributed by atoms with van der Waals surface area (Å²) in [6.45, 7) is 0.604. The van der Waals surface area contributed by atoms with Crippen molar-refractivity contribution in [2.24, 2.45) is 0 Å². The molecule has 0 unspecified atom stereocenters. The molecule has 14 heteroatoms. The van der Waals surface area contributed by atoms with Crippen molar-refractivity contribution in [2.45, 2.75) is 0 Å². The number of hydrogen-bond donors (Lipinski definition) is 2. The number of anilines is 2. The van der Waals surface area contributed by atoms with Gasteiger partial charge in [-0.1, -0.05) is 48.5 Å². The molecule has 0 radical (unpaired) electrons. The monoisotopic (exact) mass is 898 g/mol. The minimum absolute atomic E-state index is 0.0615. The lowest BCUT2D eigenvalue weighted by atomic mass is 9.85. The number of carbonyl (C=O) groups excluding carboxylic acids is 6. The van der Waals surface area contributed by atoms with Gasteiger partial charge in [0.15, 0.2) is 0 Å². The second-order valence-electron chi connectivity index (χ2n) is 15.7. The Balaban J connectivity index is 1.06. The van der Waals surface area contributed by atoms with Crippen LogP contribution in [0.4, 0.5) is 11.4 Å². The quantitative estimate of drug-likeness (QED) is 0.0870. The molecule has 0 aromatic heterocycles. The third-order valence-corrected chi connectivity index (χ3v) is 11.9. The van der Waals surface area contributed by atoms with Crippen LogP contribution in [0.3, 0.4) is 0 Å². The Labute approximate surface area is 384 Å². The zero-order valence-corrected chi connectivity index (χ0v) is 35.0. The van der Waals surface area contributed by atoms with E-state index in [0.717, 1.165) is 9.80 Å². The molecule has 0 spiro atoms. The van der Waals surface area contributed by atoms with Crippen molar-refractivity contribution in [1.82, 2.24) is 0 Å². The van der Waals surface area contributed by atoms with Crippen LogP contribution in [0, 0.1) is 0 Å². The van der Waals surface area contributed by atoms with Crippen molar-refractivity contribution in [1.29, 1.82) is 0 Å². The van der Waals surface area contributed by atoms with Crippen molar-refractivity contribution in [3.05, 3.63) is 191 Å². The number of carboxylic acid groups (broad SMARTS) is 2. The normalized spacial score (nSPS) is 12.8. The first kappa shape index (κ1) is 42.1. The van der Waals surface area contributed by atoms with Gasteiger partial charge in [-0.05, 0) is 154 Å². The molecule has 328 valence electrons. The fourth-order valence-electron chi connectivity index (χ4n) is 8.66. The Kier molecular flexibility index (Phi) is 10.3. The summed E-state index contributed by atoms with van der Waals surface area (Å²) in [6.07, 6.45) is 0. The number of ether oxygens (including phenoxy) is 2. The summed E-state index contributed by atoms with van der Waals surface area (Å²) in [4.78, 5) is 106. The highest BCUT2D eigenvalue weighted by Gasteiger charge is 2.41. The number of aromatic carboxylic acids is 2. The SMILES string of the molecule is O=COc1ccc(-c2cc(-c3ccc(C(=O)O)cc3)cc(N3C(=O)c4ccc5c6c(ccc(c46)C3=O)C(=O)N(c3cc(-c4ccc(OC=O)cc4)cc(-c4ccc(C(=O)O)cc4)c3)C5=O)c2)cc1. The Morgan fingerprint density at radius 3 is 0.882 bits per heavy atom. The number of nitrogens with zero attached hydrogens (tertiary/aromatic N) is 2. The van der Waals surface area contributed by atoms with Crippen molar-refractivity contribution in [3.63, 3.8) is 0 Å². The summed E-state index contributed by atoms with van der Waals surface area (Å²) in [5.41, 5.74) is 5.44. The maximum absolute atomic E-state index is 14.7. The molecule has 0 aliphatic carbocycles. The number of imide groups is 2. The molecule has 2 aliphatic heterocycles. The second-order valence-corrected chi connectivity index (χ2v) is 15.7. The molecular weight excluding hydrogens is 869 g/mol. The first-order valence-corrected chi connectivity index (χ1v) is 20.7. The standard InChI is InChI=1S/C54H30N2O12/c57-27-67-41-13-9-31(10-14-41)37-21-35(29-1-5-33(6-2-29)53(63)64)23-39(25-37)55-49(59)43-17-19-45-48-46(20-18-44(47(43)48)50(55)60)52(62)56(51(45)61)40-24-36(30-3-7-34(8-4-30)54(65)66)22-38(26-40)32-11-15-42(16-12-32)68-28-58/h1-28H,(H,63,64)(H,65,66). The van der Waals surface area contributed by atoms with Gasteiger partial charge < -0.3 is 19.7 Å². The molecule has 0 saturated heterocycles. The van der Waals surface area contributed by atoms with E-state index in [0.29, 0.717) is 69.0 Å². The second kappa shape index (κ2) is 16.6. The molecule has 0 atom stereocenters. The molecule has 8 aromatic carbocycles. The van der Waals surface area contributed by atoms with E-state index in [4.69, 9.17) is 9.47 Å². The van der Waals surface area contributed by atoms with Gasteiger partial charge in [0.25, 0.3) is 36.6 Å². The molecule has 14 nitrogen and oxygen atoms in total. The van der Waals surface area contributed by atoms with Crippen LogP contribution in [0.25, 0.3) is 55.3 Å². The van der Waals surface area contributed by atoms with E-state index in [9.17, 15) is 48.6 Å².